The predicted molar refractivity (Wildman–Crippen MR) is 63.8 cm³/mol. The summed E-state index contributed by atoms with van der Waals surface area (Å²) in [5.41, 5.74) is 0.335. The molecule has 0 radical (unpaired) electrons. The summed E-state index contributed by atoms with van der Waals surface area (Å²) in [7, 11) is 0. The number of anilines is 1. The Balaban J connectivity index is 1.75. The molecule has 2 aliphatic rings. The van der Waals surface area contributed by atoms with E-state index in [2.05, 4.69) is 20.4 Å². The molecule has 3 heterocycles. The molecule has 2 saturated heterocycles. The molecule has 1 unspecified atom stereocenters. The Hall–Kier alpha value is -0.870. The van der Waals surface area contributed by atoms with E-state index in [9.17, 15) is 0 Å². The standard InChI is InChI=1S/C11H15ClN4/c12-9-2-3-10(15-14-9)16-7-5-11(8-16)4-1-6-13-11/h2-3,13H,1,4-8H2. The molecule has 2 fully saturated rings. The molecule has 0 bridgehead atoms. The first-order valence-corrected chi connectivity index (χ1v) is 6.15. The van der Waals surface area contributed by atoms with Gasteiger partial charge in [-0.15, -0.1) is 10.2 Å². The Bertz CT molecular complexity index is 372. The van der Waals surface area contributed by atoms with Crippen LogP contribution in [0.3, 0.4) is 0 Å². The van der Waals surface area contributed by atoms with E-state index in [0.29, 0.717) is 10.7 Å². The first kappa shape index (κ1) is 10.3. The minimum Gasteiger partial charge on any atom is -0.353 e. The van der Waals surface area contributed by atoms with Crippen LogP contribution in [0.5, 0.6) is 0 Å². The molecule has 16 heavy (non-hydrogen) atoms. The van der Waals surface area contributed by atoms with E-state index in [4.69, 9.17) is 11.6 Å². The lowest BCUT2D eigenvalue weighted by Crippen LogP contribution is -2.42. The second-order valence-corrected chi connectivity index (χ2v) is 5.08. The van der Waals surface area contributed by atoms with Gasteiger partial charge in [-0.3, -0.25) is 0 Å². The summed E-state index contributed by atoms with van der Waals surface area (Å²) in [5.74, 6) is 0.940. The van der Waals surface area contributed by atoms with E-state index < -0.39 is 0 Å². The number of nitrogens with zero attached hydrogens (tertiary/aromatic N) is 3. The summed E-state index contributed by atoms with van der Waals surface area (Å²) < 4.78 is 0. The summed E-state index contributed by atoms with van der Waals surface area (Å²) in [4.78, 5) is 2.29. The minimum absolute atomic E-state index is 0.335. The third-order valence-corrected chi connectivity index (χ3v) is 3.83. The maximum Gasteiger partial charge on any atom is 0.151 e. The number of nitrogens with one attached hydrogen (secondary N) is 1. The maximum absolute atomic E-state index is 5.73. The van der Waals surface area contributed by atoms with Crippen molar-refractivity contribution in [3.8, 4) is 0 Å². The van der Waals surface area contributed by atoms with Gasteiger partial charge < -0.3 is 10.2 Å². The van der Waals surface area contributed by atoms with Crippen LogP contribution in [0.1, 0.15) is 19.3 Å². The average molecular weight is 239 g/mol. The molecular weight excluding hydrogens is 224 g/mol. The lowest BCUT2D eigenvalue weighted by atomic mass is 9.97. The zero-order valence-electron chi connectivity index (χ0n) is 9.12. The molecule has 1 spiro atoms. The number of halogens is 1. The minimum atomic E-state index is 0.335. The molecule has 1 N–H and O–H groups in total. The Morgan fingerprint density at radius 1 is 1.31 bits per heavy atom. The van der Waals surface area contributed by atoms with Gasteiger partial charge in [0.2, 0.25) is 0 Å². The highest BCUT2D eigenvalue weighted by Gasteiger charge is 2.40. The molecule has 2 aliphatic heterocycles. The van der Waals surface area contributed by atoms with Gasteiger partial charge in [-0.25, -0.2) is 0 Å². The third-order valence-electron chi connectivity index (χ3n) is 3.63. The van der Waals surface area contributed by atoms with E-state index in [1.165, 1.54) is 19.3 Å². The van der Waals surface area contributed by atoms with E-state index in [-0.39, 0.29) is 0 Å². The van der Waals surface area contributed by atoms with Crippen molar-refractivity contribution >= 4 is 17.4 Å². The number of hydrogen-bond acceptors (Lipinski definition) is 4. The highest BCUT2D eigenvalue weighted by molar-refractivity contribution is 6.29. The molecule has 0 aromatic carbocycles. The van der Waals surface area contributed by atoms with Gasteiger partial charge in [-0.2, -0.15) is 0 Å². The fraction of sp³-hybridized carbons (Fsp3) is 0.636. The van der Waals surface area contributed by atoms with E-state index in [1.54, 1.807) is 6.07 Å². The first-order chi connectivity index (χ1) is 7.77. The van der Waals surface area contributed by atoms with E-state index in [1.807, 2.05) is 6.07 Å². The summed E-state index contributed by atoms with van der Waals surface area (Å²) in [6, 6.07) is 3.75. The molecule has 86 valence electrons. The largest absolute Gasteiger partial charge is 0.353 e. The van der Waals surface area contributed by atoms with Crippen molar-refractivity contribution in [3.63, 3.8) is 0 Å². The number of aromatic nitrogens is 2. The lowest BCUT2D eigenvalue weighted by Gasteiger charge is -2.24. The topological polar surface area (TPSA) is 41.0 Å². The zero-order chi connectivity index (χ0) is 11.0. The van der Waals surface area contributed by atoms with Gasteiger partial charge in [0.25, 0.3) is 0 Å². The van der Waals surface area contributed by atoms with Gasteiger partial charge in [-0.05, 0) is 37.9 Å². The van der Waals surface area contributed by atoms with Crippen molar-refractivity contribution < 1.29 is 0 Å². The Labute approximate surface area is 100.0 Å². The zero-order valence-corrected chi connectivity index (χ0v) is 9.87. The quantitative estimate of drug-likeness (QED) is 0.805. The van der Waals surface area contributed by atoms with Gasteiger partial charge in [0.05, 0.1) is 0 Å². The summed E-state index contributed by atoms with van der Waals surface area (Å²) >= 11 is 5.73. The van der Waals surface area contributed by atoms with Crippen molar-refractivity contribution in [3.05, 3.63) is 17.3 Å². The normalized spacial score (nSPS) is 29.2. The van der Waals surface area contributed by atoms with Gasteiger partial charge in [0.1, 0.15) is 0 Å². The van der Waals surface area contributed by atoms with Gasteiger partial charge >= 0.3 is 0 Å². The van der Waals surface area contributed by atoms with Crippen molar-refractivity contribution in [1.29, 1.82) is 0 Å². The van der Waals surface area contributed by atoms with Crippen LogP contribution >= 0.6 is 11.6 Å². The molecule has 1 aromatic heterocycles. The van der Waals surface area contributed by atoms with Crippen LogP contribution in [-0.4, -0.2) is 35.4 Å². The molecule has 4 nitrogen and oxygen atoms in total. The van der Waals surface area contributed by atoms with Crippen molar-refractivity contribution in [2.75, 3.05) is 24.5 Å². The summed E-state index contributed by atoms with van der Waals surface area (Å²) in [6.45, 7) is 3.26. The van der Waals surface area contributed by atoms with E-state index in [0.717, 1.165) is 25.5 Å². The first-order valence-electron chi connectivity index (χ1n) is 5.77. The Morgan fingerprint density at radius 3 is 2.94 bits per heavy atom. The second-order valence-electron chi connectivity index (χ2n) is 4.70. The van der Waals surface area contributed by atoms with Crippen LogP contribution in [0.2, 0.25) is 5.15 Å². The SMILES string of the molecule is Clc1ccc(N2CCC3(CCCN3)C2)nn1. The fourth-order valence-corrected chi connectivity index (χ4v) is 2.86. The predicted octanol–water partition coefficient (Wildman–Crippen LogP) is 1.46. The maximum atomic E-state index is 5.73. The molecular formula is C11H15ClN4. The number of rotatable bonds is 1. The van der Waals surface area contributed by atoms with Gasteiger partial charge in [0, 0.05) is 18.6 Å². The van der Waals surface area contributed by atoms with Crippen molar-refractivity contribution in [1.82, 2.24) is 15.5 Å². The van der Waals surface area contributed by atoms with Crippen LogP contribution < -0.4 is 10.2 Å². The lowest BCUT2D eigenvalue weighted by molar-refractivity contribution is 0.418. The van der Waals surface area contributed by atoms with Gasteiger partial charge in [-0.1, -0.05) is 11.6 Å². The van der Waals surface area contributed by atoms with Crippen LogP contribution in [0.15, 0.2) is 12.1 Å². The second kappa shape index (κ2) is 3.86. The molecule has 1 aromatic rings. The highest BCUT2D eigenvalue weighted by Crippen LogP contribution is 2.31. The van der Waals surface area contributed by atoms with E-state index >= 15 is 0 Å². The smallest absolute Gasteiger partial charge is 0.151 e. The van der Waals surface area contributed by atoms with Crippen molar-refractivity contribution in [2.24, 2.45) is 0 Å². The average Bonchev–Trinajstić information content (AvgIpc) is 2.91. The van der Waals surface area contributed by atoms with Crippen LogP contribution in [0, 0.1) is 0 Å². The Morgan fingerprint density at radius 2 is 2.25 bits per heavy atom. The summed E-state index contributed by atoms with van der Waals surface area (Å²) in [5, 5.41) is 12.1. The summed E-state index contributed by atoms with van der Waals surface area (Å²) in [6.07, 6.45) is 3.78. The van der Waals surface area contributed by atoms with Crippen molar-refractivity contribution in [2.45, 2.75) is 24.8 Å². The molecule has 3 rings (SSSR count). The van der Waals surface area contributed by atoms with Crippen LogP contribution in [-0.2, 0) is 0 Å². The highest BCUT2D eigenvalue weighted by atomic mass is 35.5. The van der Waals surface area contributed by atoms with Crippen LogP contribution in [0.25, 0.3) is 0 Å². The van der Waals surface area contributed by atoms with Gasteiger partial charge in [0.15, 0.2) is 11.0 Å². The van der Waals surface area contributed by atoms with Crippen LogP contribution in [0.4, 0.5) is 5.82 Å². The molecule has 0 aliphatic carbocycles. The molecule has 1 atom stereocenters. The third kappa shape index (κ3) is 1.76. The molecule has 5 heteroatoms. The number of hydrogen-bond donors (Lipinski definition) is 1. The fourth-order valence-electron chi connectivity index (χ4n) is 2.76. The Kier molecular flexibility index (Phi) is 2.48. The molecule has 0 amide bonds. The molecule has 0 saturated carbocycles. The monoisotopic (exact) mass is 238 g/mol.